The summed E-state index contributed by atoms with van der Waals surface area (Å²) in [5.41, 5.74) is 1.68. The van der Waals surface area contributed by atoms with Crippen LogP contribution < -0.4 is 15.5 Å². The molecule has 0 unspecified atom stereocenters. The summed E-state index contributed by atoms with van der Waals surface area (Å²) in [4.78, 5) is 26.8. The summed E-state index contributed by atoms with van der Waals surface area (Å²) in [6, 6.07) is 7.76. The van der Waals surface area contributed by atoms with Gasteiger partial charge in [-0.1, -0.05) is 6.07 Å². The lowest BCUT2D eigenvalue weighted by molar-refractivity contribution is 0.0992. The van der Waals surface area contributed by atoms with Crippen LogP contribution in [0.5, 0.6) is 0 Å². The van der Waals surface area contributed by atoms with Gasteiger partial charge in [0.15, 0.2) is 0 Å². The van der Waals surface area contributed by atoms with Gasteiger partial charge in [0.1, 0.15) is 17.2 Å². The highest BCUT2D eigenvalue weighted by Gasteiger charge is 2.30. The molecule has 3 aromatic rings. The molecule has 1 fully saturated rings. The van der Waals surface area contributed by atoms with E-state index in [2.05, 4.69) is 35.8 Å². The first-order valence-electron chi connectivity index (χ1n) is 10.3. The van der Waals surface area contributed by atoms with E-state index in [1.54, 1.807) is 17.3 Å². The van der Waals surface area contributed by atoms with Crippen LogP contribution in [0.3, 0.4) is 0 Å². The summed E-state index contributed by atoms with van der Waals surface area (Å²) in [5.74, 6) is 0.847. The number of carbonyl (C=O) groups excluding carboxylic acids is 1. The second-order valence-electron chi connectivity index (χ2n) is 7.81. The lowest BCUT2D eigenvalue weighted by atomic mass is 10.2. The van der Waals surface area contributed by atoms with Gasteiger partial charge in [0.2, 0.25) is 5.95 Å². The van der Waals surface area contributed by atoms with Crippen LogP contribution in [0.2, 0.25) is 0 Å². The summed E-state index contributed by atoms with van der Waals surface area (Å²) in [6.45, 7) is 0.488. The number of nitrogens with zero attached hydrogens (tertiary/aromatic N) is 6. The van der Waals surface area contributed by atoms with Gasteiger partial charge in [0, 0.05) is 23.8 Å². The van der Waals surface area contributed by atoms with E-state index in [9.17, 15) is 13.6 Å². The molecule has 4 heterocycles. The van der Waals surface area contributed by atoms with Crippen molar-refractivity contribution in [3.63, 3.8) is 0 Å². The van der Waals surface area contributed by atoms with E-state index in [4.69, 9.17) is 0 Å². The number of hydrogen-bond acceptors (Lipinski definition) is 8. The van der Waals surface area contributed by atoms with Crippen LogP contribution in [0.1, 0.15) is 47.4 Å². The van der Waals surface area contributed by atoms with Crippen LogP contribution in [0.25, 0.3) is 0 Å². The highest BCUT2D eigenvalue weighted by Crippen LogP contribution is 2.28. The highest BCUT2D eigenvalue weighted by molar-refractivity contribution is 6.08. The van der Waals surface area contributed by atoms with Gasteiger partial charge in [-0.3, -0.25) is 9.78 Å². The Kier molecular flexibility index (Phi) is 5.29. The van der Waals surface area contributed by atoms with Crippen molar-refractivity contribution < 1.29 is 13.6 Å². The molecule has 1 aliphatic carbocycles. The Hall–Kier alpha value is -3.76. The van der Waals surface area contributed by atoms with Gasteiger partial charge in [-0.15, -0.1) is 10.2 Å². The quantitative estimate of drug-likeness (QED) is 0.604. The second-order valence-corrected chi connectivity index (χ2v) is 7.81. The van der Waals surface area contributed by atoms with Gasteiger partial charge < -0.3 is 15.5 Å². The number of rotatable bonds is 6. The predicted molar refractivity (Wildman–Crippen MR) is 112 cm³/mol. The van der Waals surface area contributed by atoms with Crippen LogP contribution in [0, 0.1) is 0 Å². The smallest absolute Gasteiger partial charge is 0.283 e. The number of nitrogens with one attached hydrogen (secondary N) is 2. The van der Waals surface area contributed by atoms with Crippen LogP contribution in [0.15, 0.2) is 42.9 Å². The molecule has 0 radical (unpaired) electrons. The first kappa shape index (κ1) is 20.2. The Morgan fingerprint density at radius 1 is 1.00 bits per heavy atom. The van der Waals surface area contributed by atoms with Crippen LogP contribution >= 0.6 is 0 Å². The molecule has 1 aliphatic heterocycles. The van der Waals surface area contributed by atoms with Crippen molar-refractivity contribution in [3.8, 4) is 0 Å². The monoisotopic (exact) mass is 438 g/mol. The molecule has 11 heteroatoms. The Balaban J connectivity index is 1.16. The molecular weight excluding hydrogens is 418 g/mol. The number of carbonyl (C=O) groups is 1. The van der Waals surface area contributed by atoms with Crippen LogP contribution in [-0.4, -0.2) is 43.1 Å². The van der Waals surface area contributed by atoms with Crippen LogP contribution in [0.4, 0.5) is 26.2 Å². The number of halogens is 2. The zero-order chi connectivity index (χ0) is 22.1. The third-order valence-corrected chi connectivity index (χ3v) is 5.65. The number of fused-ring (bicyclic) bond motifs is 1. The van der Waals surface area contributed by atoms with Crippen LogP contribution in [-0.2, 0) is 6.54 Å². The van der Waals surface area contributed by atoms with E-state index in [1.165, 1.54) is 0 Å². The molecule has 1 amide bonds. The minimum Gasteiger partial charge on any atom is -0.367 e. The van der Waals surface area contributed by atoms with E-state index >= 15 is 0 Å². The molecule has 0 aromatic carbocycles. The average Bonchev–Trinajstić information content (AvgIpc) is 3.39. The van der Waals surface area contributed by atoms with Crippen molar-refractivity contribution in [3.05, 3.63) is 59.8 Å². The highest BCUT2D eigenvalue weighted by atomic mass is 19.3. The topological polar surface area (TPSA) is 109 Å². The summed E-state index contributed by atoms with van der Waals surface area (Å²) in [6.07, 6.45) is 4.25. The standard InChI is InChI=1S/C21H20F2N8O/c22-19(23)16-10-26-21(30-29-16)28-14-4-3-13(8-14)27-17-6-5-15(9-25-17)31-11-12-2-1-7-24-18(12)20(31)32/h1-2,5-7,9-10,13-14,19H,3-4,8,11H2,(H,25,27)(H,26,28,30)/t13-,14-/m0/s1. The SMILES string of the molecule is O=C1c2ncccc2CN1c1ccc(N[C@H]2CC[C@H](Nc3ncc(C(F)F)nn3)C2)nc1. The maximum atomic E-state index is 12.6. The van der Waals surface area contributed by atoms with Gasteiger partial charge >= 0.3 is 0 Å². The Bertz CT molecular complexity index is 1110. The van der Waals surface area contributed by atoms with Crippen molar-refractivity contribution in [2.24, 2.45) is 0 Å². The number of aromatic nitrogens is 5. The number of anilines is 3. The summed E-state index contributed by atoms with van der Waals surface area (Å²) in [7, 11) is 0. The van der Waals surface area contributed by atoms with Gasteiger partial charge in [0.05, 0.1) is 24.6 Å². The molecule has 32 heavy (non-hydrogen) atoms. The maximum Gasteiger partial charge on any atom is 0.283 e. The molecule has 9 nitrogen and oxygen atoms in total. The lowest BCUT2D eigenvalue weighted by Crippen LogP contribution is -2.24. The van der Waals surface area contributed by atoms with Gasteiger partial charge in [-0.2, -0.15) is 0 Å². The third-order valence-electron chi connectivity index (χ3n) is 5.65. The molecule has 1 saturated carbocycles. The van der Waals surface area contributed by atoms with E-state index in [0.29, 0.717) is 12.2 Å². The molecule has 2 atom stereocenters. The molecule has 2 N–H and O–H groups in total. The van der Waals surface area contributed by atoms with Crippen molar-refractivity contribution >= 4 is 23.4 Å². The summed E-state index contributed by atoms with van der Waals surface area (Å²) in [5, 5.41) is 13.8. The molecule has 0 spiro atoms. The van der Waals surface area contributed by atoms with Gasteiger partial charge in [0.25, 0.3) is 12.3 Å². The van der Waals surface area contributed by atoms with Crippen molar-refractivity contribution in [2.75, 3.05) is 15.5 Å². The van der Waals surface area contributed by atoms with E-state index in [0.717, 1.165) is 42.5 Å². The third kappa shape index (κ3) is 4.05. The fraction of sp³-hybridized carbons (Fsp3) is 0.333. The Labute approximate surface area is 182 Å². The summed E-state index contributed by atoms with van der Waals surface area (Å²) >= 11 is 0. The van der Waals surface area contributed by atoms with E-state index < -0.39 is 12.1 Å². The fourth-order valence-electron chi connectivity index (χ4n) is 4.05. The molecule has 0 bridgehead atoms. The molecule has 0 saturated heterocycles. The van der Waals surface area contributed by atoms with E-state index in [1.807, 2.05) is 24.3 Å². The largest absolute Gasteiger partial charge is 0.367 e. The average molecular weight is 438 g/mol. The Morgan fingerprint density at radius 3 is 2.53 bits per heavy atom. The van der Waals surface area contributed by atoms with Crippen molar-refractivity contribution in [1.29, 1.82) is 0 Å². The minimum absolute atomic E-state index is 0.110. The molecular formula is C21H20F2N8O. The van der Waals surface area contributed by atoms with Crippen molar-refractivity contribution in [1.82, 2.24) is 25.1 Å². The first-order valence-corrected chi connectivity index (χ1v) is 10.3. The zero-order valence-corrected chi connectivity index (χ0v) is 16.9. The zero-order valence-electron chi connectivity index (χ0n) is 16.9. The number of hydrogen-bond donors (Lipinski definition) is 2. The van der Waals surface area contributed by atoms with Gasteiger partial charge in [-0.05, 0) is 37.5 Å². The molecule has 164 valence electrons. The number of alkyl halides is 2. The maximum absolute atomic E-state index is 12.6. The first-order chi connectivity index (χ1) is 15.6. The number of pyridine rings is 2. The Morgan fingerprint density at radius 2 is 1.84 bits per heavy atom. The fourth-order valence-corrected chi connectivity index (χ4v) is 4.05. The van der Waals surface area contributed by atoms with E-state index in [-0.39, 0.29) is 23.9 Å². The predicted octanol–water partition coefficient (Wildman–Crippen LogP) is 3.20. The molecule has 2 aliphatic rings. The van der Waals surface area contributed by atoms with Gasteiger partial charge in [-0.25, -0.2) is 18.7 Å². The second kappa shape index (κ2) is 8.40. The van der Waals surface area contributed by atoms with Crippen molar-refractivity contribution in [2.45, 2.75) is 44.3 Å². The summed E-state index contributed by atoms with van der Waals surface area (Å²) < 4.78 is 25.1. The minimum atomic E-state index is -2.68. The molecule has 5 rings (SSSR count). The molecule has 3 aromatic heterocycles. The lowest BCUT2D eigenvalue weighted by Gasteiger charge is -2.17. The normalized spacial score (nSPS) is 20.0. The number of amides is 1.